The first-order valence-electron chi connectivity index (χ1n) is 12.7. The van der Waals surface area contributed by atoms with Gasteiger partial charge < -0.3 is 19.6 Å². The van der Waals surface area contributed by atoms with Gasteiger partial charge in [-0.25, -0.2) is 0 Å². The molecule has 2 aromatic rings. The zero-order valence-electron chi connectivity index (χ0n) is 22.7. The largest absolute Gasteiger partial charge is 0.507 e. The molecular formula is C30H40N2O4. The highest BCUT2D eigenvalue weighted by Crippen LogP contribution is 2.40. The SMILES string of the molecule is CCCCOc1ccc(C(O)=C2C(=O)C(=O)N(CCN(C)C)[C@H]2c2ccc(C(C)(C)C)cc2)cc1C. The van der Waals surface area contributed by atoms with E-state index in [1.807, 2.05) is 62.3 Å². The molecule has 1 amide bonds. The average Bonchev–Trinajstić information content (AvgIpc) is 3.07. The predicted molar refractivity (Wildman–Crippen MR) is 144 cm³/mol. The van der Waals surface area contributed by atoms with Crippen LogP contribution in [0.25, 0.3) is 5.76 Å². The van der Waals surface area contributed by atoms with Crippen molar-refractivity contribution in [2.24, 2.45) is 0 Å². The van der Waals surface area contributed by atoms with E-state index < -0.39 is 17.7 Å². The van der Waals surface area contributed by atoms with E-state index in [-0.39, 0.29) is 16.7 Å². The van der Waals surface area contributed by atoms with Gasteiger partial charge in [0.15, 0.2) is 0 Å². The Bertz CT molecular complexity index is 1130. The quantitative estimate of drug-likeness (QED) is 0.218. The number of aliphatic hydroxyl groups excluding tert-OH is 1. The molecule has 2 aromatic carbocycles. The molecule has 0 unspecified atom stereocenters. The third-order valence-electron chi connectivity index (χ3n) is 6.62. The molecule has 1 fully saturated rings. The number of unbranched alkanes of at least 4 members (excludes halogenated alkanes) is 1. The maximum atomic E-state index is 13.3. The number of hydrogen-bond acceptors (Lipinski definition) is 5. The molecule has 194 valence electrons. The van der Waals surface area contributed by atoms with Gasteiger partial charge in [0.05, 0.1) is 18.2 Å². The zero-order valence-corrected chi connectivity index (χ0v) is 22.7. The Hall–Kier alpha value is -3.12. The van der Waals surface area contributed by atoms with Crippen LogP contribution in [0.5, 0.6) is 5.75 Å². The maximum Gasteiger partial charge on any atom is 0.295 e. The van der Waals surface area contributed by atoms with E-state index in [2.05, 4.69) is 27.7 Å². The molecule has 0 aromatic heterocycles. The lowest BCUT2D eigenvalue weighted by atomic mass is 9.85. The minimum atomic E-state index is -0.655. The Morgan fingerprint density at radius 3 is 2.31 bits per heavy atom. The Labute approximate surface area is 215 Å². The number of likely N-dealkylation sites (N-methyl/N-ethyl adjacent to an activating group) is 1. The molecule has 3 rings (SSSR count). The van der Waals surface area contributed by atoms with Crippen LogP contribution in [-0.4, -0.2) is 60.4 Å². The van der Waals surface area contributed by atoms with Crippen LogP contribution >= 0.6 is 0 Å². The van der Waals surface area contributed by atoms with Crippen LogP contribution in [0.2, 0.25) is 0 Å². The van der Waals surface area contributed by atoms with Gasteiger partial charge in [-0.1, -0.05) is 58.4 Å². The van der Waals surface area contributed by atoms with Crippen LogP contribution < -0.4 is 4.74 Å². The highest BCUT2D eigenvalue weighted by atomic mass is 16.5. The highest BCUT2D eigenvalue weighted by Gasteiger charge is 2.46. The molecule has 0 saturated carbocycles. The number of amides is 1. The summed E-state index contributed by atoms with van der Waals surface area (Å²) in [4.78, 5) is 29.9. The number of ether oxygens (including phenoxy) is 1. The molecule has 1 atom stereocenters. The summed E-state index contributed by atoms with van der Waals surface area (Å²) in [7, 11) is 3.85. The van der Waals surface area contributed by atoms with Gasteiger partial charge in [-0.2, -0.15) is 0 Å². The van der Waals surface area contributed by atoms with Crippen molar-refractivity contribution in [1.82, 2.24) is 9.80 Å². The molecule has 6 heteroatoms. The fourth-order valence-corrected chi connectivity index (χ4v) is 4.37. The Balaban J connectivity index is 2.07. The van der Waals surface area contributed by atoms with Crippen molar-refractivity contribution in [1.29, 1.82) is 0 Å². The summed E-state index contributed by atoms with van der Waals surface area (Å²) in [6.45, 7) is 12.1. The van der Waals surface area contributed by atoms with E-state index in [4.69, 9.17) is 4.74 Å². The first-order chi connectivity index (χ1) is 17.0. The number of nitrogens with zero attached hydrogens (tertiary/aromatic N) is 2. The molecule has 1 N–H and O–H groups in total. The van der Waals surface area contributed by atoms with Crippen LogP contribution in [0.15, 0.2) is 48.0 Å². The second kappa shape index (κ2) is 11.3. The monoisotopic (exact) mass is 492 g/mol. The molecule has 0 spiro atoms. The summed E-state index contributed by atoms with van der Waals surface area (Å²) in [5.74, 6) is -0.647. The van der Waals surface area contributed by atoms with Gasteiger partial charge in [-0.05, 0) is 67.7 Å². The van der Waals surface area contributed by atoms with Crippen LogP contribution in [0.3, 0.4) is 0 Å². The van der Waals surface area contributed by atoms with E-state index in [0.29, 0.717) is 25.3 Å². The molecule has 0 aliphatic carbocycles. The Morgan fingerprint density at radius 2 is 1.75 bits per heavy atom. The summed E-state index contributed by atoms with van der Waals surface area (Å²) in [5.41, 5.74) is 3.43. The third-order valence-corrected chi connectivity index (χ3v) is 6.62. The molecule has 1 aliphatic heterocycles. The second-order valence-corrected chi connectivity index (χ2v) is 10.9. The van der Waals surface area contributed by atoms with Gasteiger partial charge in [0.1, 0.15) is 11.5 Å². The van der Waals surface area contributed by atoms with Gasteiger partial charge in [0.2, 0.25) is 0 Å². The van der Waals surface area contributed by atoms with Crippen molar-refractivity contribution in [2.45, 2.75) is 58.9 Å². The molecule has 1 aliphatic rings. The average molecular weight is 493 g/mol. The molecular weight excluding hydrogens is 452 g/mol. The van der Waals surface area contributed by atoms with Crippen molar-refractivity contribution >= 4 is 17.4 Å². The van der Waals surface area contributed by atoms with Gasteiger partial charge in [-0.3, -0.25) is 9.59 Å². The molecule has 36 heavy (non-hydrogen) atoms. The van der Waals surface area contributed by atoms with Crippen molar-refractivity contribution in [3.05, 3.63) is 70.3 Å². The van der Waals surface area contributed by atoms with Crippen molar-refractivity contribution in [3.8, 4) is 5.75 Å². The van der Waals surface area contributed by atoms with E-state index in [9.17, 15) is 14.7 Å². The van der Waals surface area contributed by atoms with Gasteiger partial charge in [-0.15, -0.1) is 0 Å². The number of likely N-dealkylation sites (tertiary alicyclic amines) is 1. The zero-order chi connectivity index (χ0) is 26.6. The number of aliphatic hydroxyl groups is 1. The number of benzene rings is 2. The highest BCUT2D eigenvalue weighted by molar-refractivity contribution is 6.46. The summed E-state index contributed by atoms with van der Waals surface area (Å²) >= 11 is 0. The minimum Gasteiger partial charge on any atom is -0.507 e. The number of hydrogen-bond donors (Lipinski definition) is 1. The fourth-order valence-electron chi connectivity index (χ4n) is 4.37. The molecule has 6 nitrogen and oxygen atoms in total. The maximum absolute atomic E-state index is 13.3. The fraction of sp³-hybridized carbons (Fsp3) is 0.467. The Morgan fingerprint density at radius 1 is 1.08 bits per heavy atom. The van der Waals surface area contributed by atoms with Crippen LogP contribution in [-0.2, 0) is 15.0 Å². The summed E-state index contributed by atoms with van der Waals surface area (Å²) < 4.78 is 5.84. The third kappa shape index (κ3) is 5.98. The molecule has 1 saturated heterocycles. The summed E-state index contributed by atoms with van der Waals surface area (Å²) in [6, 6.07) is 12.7. The summed E-state index contributed by atoms with van der Waals surface area (Å²) in [5, 5.41) is 11.4. The minimum absolute atomic E-state index is 0.0241. The number of rotatable bonds is 9. The van der Waals surface area contributed by atoms with Crippen molar-refractivity contribution < 1.29 is 19.4 Å². The number of carbonyl (C=O) groups is 2. The second-order valence-electron chi connectivity index (χ2n) is 10.9. The molecule has 0 radical (unpaired) electrons. The predicted octanol–water partition coefficient (Wildman–Crippen LogP) is 5.45. The number of carbonyl (C=O) groups excluding carboxylic acids is 2. The van der Waals surface area contributed by atoms with E-state index in [0.717, 1.165) is 35.3 Å². The molecule has 1 heterocycles. The smallest absolute Gasteiger partial charge is 0.295 e. The van der Waals surface area contributed by atoms with Gasteiger partial charge in [0, 0.05) is 18.7 Å². The van der Waals surface area contributed by atoms with Gasteiger partial charge in [0.25, 0.3) is 11.7 Å². The first-order valence-corrected chi connectivity index (χ1v) is 12.7. The number of Topliss-reactive ketones (excluding diaryl/α,β-unsaturated/α-hetero) is 1. The van der Waals surface area contributed by atoms with Crippen LogP contribution in [0.1, 0.15) is 68.8 Å². The lowest BCUT2D eigenvalue weighted by Gasteiger charge is -2.27. The molecule has 0 bridgehead atoms. The van der Waals surface area contributed by atoms with Crippen molar-refractivity contribution in [3.63, 3.8) is 0 Å². The first kappa shape index (κ1) is 27.5. The number of ketones is 1. The lowest BCUT2D eigenvalue weighted by molar-refractivity contribution is -0.140. The topological polar surface area (TPSA) is 70.1 Å². The Kier molecular flexibility index (Phi) is 8.62. The lowest BCUT2D eigenvalue weighted by Crippen LogP contribution is -2.35. The van der Waals surface area contributed by atoms with E-state index in [1.165, 1.54) is 0 Å². The number of aryl methyl sites for hydroxylation is 1. The van der Waals surface area contributed by atoms with Crippen molar-refractivity contribution in [2.75, 3.05) is 33.8 Å². The van der Waals surface area contributed by atoms with Gasteiger partial charge >= 0.3 is 0 Å². The van der Waals surface area contributed by atoms with E-state index in [1.54, 1.807) is 11.0 Å². The normalized spacial score (nSPS) is 17.8. The van der Waals surface area contributed by atoms with Crippen LogP contribution in [0, 0.1) is 6.92 Å². The summed E-state index contributed by atoms with van der Waals surface area (Å²) in [6.07, 6.45) is 2.01. The standard InChI is InChI=1S/C30H40N2O4/c1-8-9-18-36-24-15-12-22(19-20(24)2)27(33)25-26(21-10-13-23(14-11-21)30(3,4)5)32(17-16-31(6)7)29(35)28(25)34/h10-15,19,26,33H,8-9,16-18H2,1-7H3/t26-/m0/s1. The van der Waals surface area contributed by atoms with Crippen LogP contribution in [0.4, 0.5) is 0 Å². The van der Waals surface area contributed by atoms with E-state index >= 15 is 0 Å².